The number of phenolic OH excluding ortho intramolecular Hbond substituents is 1. The van der Waals surface area contributed by atoms with Gasteiger partial charge in [0.25, 0.3) is 0 Å². The number of hydrogen-bond acceptors (Lipinski definition) is 3. The Bertz CT molecular complexity index is 1330. The van der Waals surface area contributed by atoms with Crippen LogP contribution in [0.4, 0.5) is 0 Å². The van der Waals surface area contributed by atoms with E-state index in [0.29, 0.717) is 39.2 Å². The van der Waals surface area contributed by atoms with Gasteiger partial charge in [-0.05, 0) is 18.2 Å². The Morgan fingerprint density at radius 1 is 0.818 bits per heavy atom. The molecule has 0 spiro atoms. The second-order valence-corrected chi connectivity index (χ2v) is 9.14. The van der Waals surface area contributed by atoms with Gasteiger partial charge in [-0.1, -0.05) is 60.1 Å². The van der Waals surface area contributed by atoms with Gasteiger partial charge in [0.05, 0.1) is 16.5 Å². The number of hydrogen-bond donors (Lipinski definition) is 3. The van der Waals surface area contributed by atoms with E-state index < -0.39 is 0 Å². The van der Waals surface area contributed by atoms with Gasteiger partial charge in [-0.2, -0.15) is 0 Å². The minimum absolute atomic E-state index is 0.141. The molecule has 1 aromatic heterocycles. The quantitative estimate of drug-likeness (QED) is 0.426. The van der Waals surface area contributed by atoms with E-state index in [-0.39, 0.29) is 11.2 Å². The molecule has 33 heavy (non-hydrogen) atoms. The van der Waals surface area contributed by atoms with E-state index in [2.05, 4.69) is 24.3 Å². The third-order valence-electron chi connectivity index (χ3n) is 6.57. The second kappa shape index (κ2) is 9.40. The van der Waals surface area contributed by atoms with Gasteiger partial charge in [-0.15, -0.1) is 0 Å². The summed E-state index contributed by atoms with van der Waals surface area (Å²) >= 11 is 6.30. The van der Waals surface area contributed by atoms with E-state index in [1.165, 1.54) is 16.7 Å². The Morgan fingerprint density at radius 3 is 2.21 bits per heavy atom. The molecule has 168 valence electrons. The van der Waals surface area contributed by atoms with E-state index in [0.717, 1.165) is 32.7 Å². The molecule has 1 aliphatic rings. The molecular formula is C27H27ClN2O3+2. The summed E-state index contributed by atoms with van der Waals surface area (Å²) in [6.45, 7) is 5.79. The average molecular weight is 463 g/mol. The largest absolute Gasteiger partial charge is 0.507 e. The first-order valence-corrected chi connectivity index (χ1v) is 11.7. The molecule has 0 saturated carbocycles. The first-order chi connectivity index (χ1) is 16.1. The lowest BCUT2D eigenvalue weighted by molar-refractivity contribution is -1.02. The number of aromatic hydroxyl groups is 1. The van der Waals surface area contributed by atoms with E-state index in [1.807, 2.05) is 24.3 Å². The molecule has 2 heterocycles. The standard InChI is InChI=1S/C27H25ClN2O3/c28-24-9-5-4-8-20(24)23-18-33-27-21(26(23)32)10-11-25(31)22(27)17-30-14-12-29(13-15-30)16-19-6-2-1-3-7-19/h1-11,18,31H,12-17H2/p+2. The summed E-state index contributed by atoms with van der Waals surface area (Å²) in [5.74, 6) is 0.169. The van der Waals surface area contributed by atoms with Gasteiger partial charge in [-0.3, -0.25) is 4.79 Å². The van der Waals surface area contributed by atoms with Crippen LogP contribution in [0.15, 0.2) is 82.2 Å². The maximum absolute atomic E-state index is 13.2. The molecule has 3 N–H and O–H groups in total. The van der Waals surface area contributed by atoms with Crippen molar-refractivity contribution in [3.63, 3.8) is 0 Å². The van der Waals surface area contributed by atoms with Crippen molar-refractivity contribution in [3.8, 4) is 16.9 Å². The normalized spacial score (nSPS) is 18.5. The molecule has 5 nitrogen and oxygen atoms in total. The zero-order valence-electron chi connectivity index (χ0n) is 18.3. The van der Waals surface area contributed by atoms with Crippen molar-refractivity contribution < 1.29 is 19.3 Å². The number of halogens is 1. The number of quaternary nitrogens is 2. The Morgan fingerprint density at radius 2 is 1.48 bits per heavy atom. The predicted molar refractivity (Wildman–Crippen MR) is 130 cm³/mol. The Kier molecular flexibility index (Phi) is 6.18. The molecule has 0 atom stereocenters. The Balaban J connectivity index is 1.37. The van der Waals surface area contributed by atoms with Crippen molar-refractivity contribution in [2.75, 3.05) is 26.2 Å². The van der Waals surface area contributed by atoms with Crippen molar-refractivity contribution in [1.29, 1.82) is 0 Å². The SMILES string of the molecule is O=c1c(-c2ccccc2Cl)coc2c(C[NH+]3CC[NH+](Cc4ccccc4)CC3)c(O)ccc12. The molecule has 3 aromatic carbocycles. The second-order valence-electron chi connectivity index (χ2n) is 8.74. The molecule has 5 rings (SSSR count). The van der Waals surface area contributed by atoms with Crippen LogP contribution < -0.4 is 15.2 Å². The van der Waals surface area contributed by atoms with Crippen LogP contribution >= 0.6 is 11.6 Å². The average Bonchev–Trinajstić information content (AvgIpc) is 2.83. The number of benzene rings is 3. The molecule has 4 aromatic rings. The Hall–Kier alpha value is -3.12. The van der Waals surface area contributed by atoms with Crippen molar-refractivity contribution in [1.82, 2.24) is 0 Å². The Labute approximate surface area is 197 Å². The number of nitrogens with one attached hydrogen (secondary N) is 2. The van der Waals surface area contributed by atoms with Crippen LogP contribution in [0, 0.1) is 0 Å². The lowest BCUT2D eigenvalue weighted by Crippen LogP contribution is -3.27. The van der Waals surface area contributed by atoms with Gasteiger partial charge in [0.1, 0.15) is 56.9 Å². The number of piperazine rings is 1. The fraction of sp³-hybridized carbons (Fsp3) is 0.222. The highest BCUT2D eigenvalue weighted by molar-refractivity contribution is 6.33. The van der Waals surface area contributed by atoms with E-state index in [1.54, 1.807) is 23.1 Å². The lowest BCUT2D eigenvalue weighted by atomic mass is 10.0. The molecule has 1 fully saturated rings. The molecule has 0 unspecified atom stereocenters. The highest BCUT2D eigenvalue weighted by Gasteiger charge is 2.26. The first kappa shape index (κ1) is 21.7. The third-order valence-corrected chi connectivity index (χ3v) is 6.90. The summed E-state index contributed by atoms with van der Waals surface area (Å²) in [5, 5.41) is 11.6. The van der Waals surface area contributed by atoms with Gasteiger partial charge in [0.2, 0.25) is 5.43 Å². The van der Waals surface area contributed by atoms with Gasteiger partial charge in [0.15, 0.2) is 0 Å². The minimum Gasteiger partial charge on any atom is -0.507 e. The number of rotatable bonds is 5. The van der Waals surface area contributed by atoms with Crippen LogP contribution in [0.3, 0.4) is 0 Å². The van der Waals surface area contributed by atoms with Crippen LogP contribution in [0.2, 0.25) is 5.02 Å². The topological polar surface area (TPSA) is 59.3 Å². The summed E-state index contributed by atoms with van der Waals surface area (Å²) in [6, 6.07) is 21.1. The van der Waals surface area contributed by atoms with Crippen LogP contribution in [-0.4, -0.2) is 31.3 Å². The molecule has 0 amide bonds. The molecule has 1 aliphatic heterocycles. The summed E-state index contributed by atoms with van der Waals surface area (Å²) < 4.78 is 5.95. The van der Waals surface area contributed by atoms with Crippen molar-refractivity contribution in [2.45, 2.75) is 13.1 Å². The van der Waals surface area contributed by atoms with Crippen LogP contribution in [0.5, 0.6) is 5.75 Å². The smallest absolute Gasteiger partial charge is 0.200 e. The maximum Gasteiger partial charge on any atom is 0.200 e. The molecule has 0 aliphatic carbocycles. The number of phenols is 1. The van der Waals surface area contributed by atoms with Gasteiger partial charge < -0.3 is 19.3 Å². The maximum atomic E-state index is 13.2. The predicted octanol–water partition coefficient (Wildman–Crippen LogP) is 2.30. The fourth-order valence-electron chi connectivity index (χ4n) is 4.73. The van der Waals surface area contributed by atoms with Crippen molar-refractivity contribution in [3.05, 3.63) is 99.4 Å². The van der Waals surface area contributed by atoms with Crippen LogP contribution in [0.1, 0.15) is 11.1 Å². The summed E-state index contributed by atoms with van der Waals surface area (Å²) in [5.41, 5.74) is 3.44. The van der Waals surface area contributed by atoms with Gasteiger partial charge in [0, 0.05) is 16.1 Å². The highest BCUT2D eigenvalue weighted by atomic mass is 35.5. The first-order valence-electron chi connectivity index (χ1n) is 11.3. The molecule has 6 heteroatoms. The third kappa shape index (κ3) is 4.53. The van der Waals surface area contributed by atoms with E-state index >= 15 is 0 Å². The highest BCUT2D eigenvalue weighted by Crippen LogP contribution is 2.30. The van der Waals surface area contributed by atoms with Gasteiger partial charge >= 0.3 is 0 Å². The molecule has 0 radical (unpaired) electrons. The van der Waals surface area contributed by atoms with E-state index in [9.17, 15) is 9.90 Å². The summed E-state index contributed by atoms with van der Waals surface area (Å²) in [4.78, 5) is 16.2. The lowest BCUT2D eigenvalue weighted by Gasteiger charge is -2.30. The zero-order valence-corrected chi connectivity index (χ0v) is 19.1. The molecular weight excluding hydrogens is 436 g/mol. The number of fused-ring (bicyclic) bond motifs is 1. The van der Waals surface area contributed by atoms with Crippen LogP contribution in [0.25, 0.3) is 22.1 Å². The van der Waals surface area contributed by atoms with Gasteiger partial charge in [-0.25, -0.2) is 0 Å². The minimum atomic E-state index is -0.141. The molecule has 0 bridgehead atoms. The van der Waals surface area contributed by atoms with Crippen molar-refractivity contribution in [2.24, 2.45) is 0 Å². The molecule has 1 saturated heterocycles. The monoisotopic (exact) mass is 462 g/mol. The van der Waals surface area contributed by atoms with E-state index in [4.69, 9.17) is 16.0 Å². The summed E-state index contributed by atoms with van der Waals surface area (Å²) in [7, 11) is 0. The summed E-state index contributed by atoms with van der Waals surface area (Å²) in [6.07, 6.45) is 1.46. The zero-order chi connectivity index (χ0) is 22.8. The van der Waals surface area contributed by atoms with Crippen LogP contribution in [-0.2, 0) is 13.1 Å². The van der Waals surface area contributed by atoms with Crippen molar-refractivity contribution >= 4 is 22.6 Å². The fourth-order valence-corrected chi connectivity index (χ4v) is 4.97.